The van der Waals surface area contributed by atoms with Crippen molar-refractivity contribution in [1.82, 2.24) is 10.6 Å². The molecule has 0 saturated carbocycles. The zero-order chi connectivity index (χ0) is 13.5. The molecule has 2 rings (SSSR count). The SMILES string of the molecule is COC(=O)C(CC1=CN=C[N]1)NCc1ccccc1.Cl.Cl. The van der Waals surface area contributed by atoms with Crippen LogP contribution in [0.4, 0.5) is 0 Å². The van der Waals surface area contributed by atoms with Gasteiger partial charge in [0.25, 0.3) is 0 Å². The Bertz CT molecular complexity index is 492. The number of benzene rings is 1. The van der Waals surface area contributed by atoms with Crippen LogP contribution in [0.25, 0.3) is 0 Å². The molecule has 1 aliphatic heterocycles. The number of carbonyl (C=O) groups is 1. The summed E-state index contributed by atoms with van der Waals surface area (Å²) >= 11 is 0. The Balaban J connectivity index is 0.00000200. The minimum absolute atomic E-state index is 0. The molecule has 1 radical (unpaired) electrons. The second-order valence-corrected chi connectivity index (χ2v) is 4.16. The van der Waals surface area contributed by atoms with Gasteiger partial charge in [-0.25, -0.2) is 10.3 Å². The third-order valence-electron chi connectivity index (χ3n) is 2.81. The normalized spacial score (nSPS) is 13.3. The molecular formula is C14H18Cl2N3O2. The highest BCUT2D eigenvalue weighted by atomic mass is 35.5. The maximum Gasteiger partial charge on any atom is 0.323 e. The number of nitrogens with zero attached hydrogens (tertiary/aromatic N) is 2. The summed E-state index contributed by atoms with van der Waals surface area (Å²) < 4.78 is 4.80. The van der Waals surface area contributed by atoms with E-state index in [1.807, 2.05) is 30.3 Å². The predicted molar refractivity (Wildman–Crippen MR) is 86.9 cm³/mol. The van der Waals surface area contributed by atoms with Crippen molar-refractivity contribution in [2.45, 2.75) is 19.0 Å². The molecular weight excluding hydrogens is 313 g/mol. The van der Waals surface area contributed by atoms with Crippen molar-refractivity contribution in [1.29, 1.82) is 0 Å². The van der Waals surface area contributed by atoms with Gasteiger partial charge in [0.1, 0.15) is 12.4 Å². The maximum absolute atomic E-state index is 11.7. The zero-order valence-corrected chi connectivity index (χ0v) is 13.2. The molecule has 7 heteroatoms. The van der Waals surface area contributed by atoms with Crippen molar-refractivity contribution < 1.29 is 9.53 Å². The predicted octanol–water partition coefficient (Wildman–Crippen LogP) is 2.04. The molecule has 1 aromatic rings. The summed E-state index contributed by atoms with van der Waals surface area (Å²) in [6.07, 6.45) is 3.60. The van der Waals surface area contributed by atoms with Crippen molar-refractivity contribution in [2.24, 2.45) is 4.99 Å². The van der Waals surface area contributed by atoms with Crippen molar-refractivity contribution in [3.63, 3.8) is 0 Å². The van der Waals surface area contributed by atoms with Crippen LogP contribution in [0.3, 0.4) is 0 Å². The summed E-state index contributed by atoms with van der Waals surface area (Å²) in [7, 11) is 1.39. The smallest absolute Gasteiger partial charge is 0.323 e. The second-order valence-electron chi connectivity index (χ2n) is 4.16. The lowest BCUT2D eigenvalue weighted by Gasteiger charge is -2.16. The lowest BCUT2D eigenvalue weighted by atomic mass is 10.1. The summed E-state index contributed by atoms with van der Waals surface area (Å²) in [5, 5.41) is 7.25. The van der Waals surface area contributed by atoms with Crippen molar-refractivity contribution in [3.05, 3.63) is 47.8 Å². The van der Waals surface area contributed by atoms with Gasteiger partial charge in [0.2, 0.25) is 0 Å². The van der Waals surface area contributed by atoms with E-state index >= 15 is 0 Å². The number of aliphatic imine (C=N–C) groups is 1. The van der Waals surface area contributed by atoms with E-state index in [1.54, 1.807) is 6.20 Å². The monoisotopic (exact) mass is 330 g/mol. The molecule has 0 spiro atoms. The molecule has 1 unspecified atom stereocenters. The largest absolute Gasteiger partial charge is 0.468 e. The Hall–Kier alpha value is -1.56. The fraction of sp³-hybridized carbons (Fsp3) is 0.286. The van der Waals surface area contributed by atoms with Crippen LogP contribution in [0.2, 0.25) is 0 Å². The molecule has 115 valence electrons. The second kappa shape index (κ2) is 10.2. The van der Waals surface area contributed by atoms with Crippen LogP contribution in [0.15, 0.2) is 47.2 Å². The van der Waals surface area contributed by atoms with Crippen LogP contribution < -0.4 is 10.6 Å². The maximum atomic E-state index is 11.7. The van der Waals surface area contributed by atoms with Gasteiger partial charge in [0, 0.05) is 13.0 Å². The van der Waals surface area contributed by atoms with E-state index in [-0.39, 0.29) is 30.8 Å². The van der Waals surface area contributed by atoms with Crippen molar-refractivity contribution in [2.75, 3.05) is 7.11 Å². The number of hydrogen-bond donors (Lipinski definition) is 1. The Morgan fingerprint density at radius 3 is 2.57 bits per heavy atom. The van der Waals surface area contributed by atoms with Crippen molar-refractivity contribution >= 4 is 37.1 Å². The molecule has 0 bridgehead atoms. The lowest BCUT2D eigenvalue weighted by Crippen LogP contribution is -2.38. The highest BCUT2D eigenvalue weighted by Gasteiger charge is 2.21. The molecule has 1 heterocycles. The van der Waals surface area contributed by atoms with Gasteiger partial charge in [-0.2, -0.15) is 0 Å². The Kier molecular flexibility index (Phi) is 9.45. The van der Waals surface area contributed by atoms with E-state index < -0.39 is 6.04 Å². The highest BCUT2D eigenvalue weighted by Crippen LogP contribution is 2.09. The van der Waals surface area contributed by atoms with Crippen LogP contribution in [0.5, 0.6) is 0 Å². The van der Waals surface area contributed by atoms with E-state index in [0.717, 1.165) is 11.3 Å². The van der Waals surface area contributed by atoms with Crippen molar-refractivity contribution in [3.8, 4) is 0 Å². The number of ether oxygens (including phenoxy) is 1. The third kappa shape index (κ3) is 6.16. The summed E-state index contributed by atoms with van der Waals surface area (Å²) in [5.74, 6) is -0.293. The first-order valence-electron chi connectivity index (χ1n) is 6.06. The van der Waals surface area contributed by atoms with Gasteiger partial charge in [-0.15, -0.1) is 24.8 Å². The summed E-state index contributed by atoms with van der Waals surface area (Å²) in [6, 6.07) is 9.48. The number of methoxy groups -OCH3 is 1. The third-order valence-corrected chi connectivity index (χ3v) is 2.81. The highest BCUT2D eigenvalue weighted by molar-refractivity contribution is 5.85. The molecule has 1 N–H and O–H groups in total. The van der Waals surface area contributed by atoms with Crippen LogP contribution in [-0.4, -0.2) is 25.5 Å². The minimum atomic E-state index is -0.415. The number of halogens is 2. The molecule has 21 heavy (non-hydrogen) atoms. The summed E-state index contributed by atoms with van der Waals surface area (Å²) in [6.45, 7) is 0.606. The lowest BCUT2D eigenvalue weighted by molar-refractivity contribution is -0.143. The van der Waals surface area contributed by atoms with E-state index in [4.69, 9.17) is 4.74 Å². The molecule has 0 amide bonds. The van der Waals surface area contributed by atoms with Gasteiger partial charge in [-0.1, -0.05) is 30.3 Å². The first kappa shape index (κ1) is 19.4. The standard InChI is InChI=1S/C14H16N3O2.2ClH/c1-19-14(18)13(7-12-9-15-10-17-12)16-8-11-5-3-2-4-6-11;;/h2-6,9-10,13,16H,7-8H2,1H3;2*1H. The zero-order valence-electron chi connectivity index (χ0n) is 11.6. The molecule has 1 atom stereocenters. The van der Waals surface area contributed by atoms with Gasteiger partial charge in [0.15, 0.2) is 0 Å². The number of nitrogens with one attached hydrogen (secondary N) is 1. The first-order chi connectivity index (χ1) is 9.29. The molecule has 0 aromatic heterocycles. The number of carbonyl (C=O) groups excluding carboxylic acids is 1. The molecule has 0 saturated heterocycles. The summed E-state index contributed by atoms with van der Waals surface area (Å²) in [5.41, 5.74) is 1.89. The van der Waals surface area contributed by atoms with Gasteiger partial charge >= 0.3 is 5.97 Å². The van der Waals surface area contributed by atoms with Gasteiger partial charge in [0.05, 0.1) is 19.0 Å². The molecule has 5 nitrogen and oxygen atoms in total. The molecule has 1 aliphatic rings. The molecule has 1 aromatic carbocycles. The topological polar surface area (TPSA) is 64.8 Å². The number of hydrogen-bond acceptors (Lipinski definition) is 4. The Labute approximate surface area is 136 Å². The van der Waals surface area contributed by atoms with E-state index in [0.29, 0.717) is 13.0 Å². The van der Waals surface area contributed by atoms with Crippen LogP contribution in [0, 0.1) is 0 Å². The van der Waals surface area contributed by atoms with Crippen LogP contribution in [-0.2, 0) is 16.1 Å². The minimum Gasteiger partial charge on any atom is -0.468 e. The molecule has 0 aliphatic carbocycles. The molecule has 0 fully saturated rings. The van der Waals surface area contributed by atoms with Gasteiger partial charge in [-0.3, -0.25) is 10.1 Å². The van der Waals surface area contributed by atoms with Gasteiger partial charge < -0.3 is 4.74 Å². The first-order valence-corrected chi connectivity index (χ1v) is 6.06. The average Bonchev–Trinajstić information content (AvgIpc) is 2.96. The number of rotatable bonds is 6. The fourth-order valence-corrected chi connectivity index (χ4v) is 1.79. The number of esters is 1. The van der Waals surface area contributed by atoms with Gasteiger partial charge in [-0.05, 0) is 5.56 Å². The van der Waals surface area contributed by atoms with Crippen LogP contribution >= 0.6 is 24.8 Å². The Morgan fingerprint density at radius 1 is 1.29 bits per heavy atom. The van der Waals surface area contributed by atoms with E-state index in [9.17, 15) is 4.79 Å². The average molecular weight is 331 g/mol. The fourth-order valence-electron chi connectivity index (χ4n) is 1.79. The van der Waals surface area contributed by atoms with E-state index in [1.165, 1.54) is 13.4 Å². The Morgan fingerprint density at radius 2 is 2.00 bits per heavy atom. The van der Waals surface area contributed by atoms with Crippen LogP contribution in [0.1, 0.15) is 12.0 Å². The van der Waals surface area contributed by atoms with E-state index in [2.05, 4.69) is 15.6 Å². The summed E-state index contributed by atoms with van der Waals surface area (Å²) in [4.78, 5) is 15.6. The quantitative estimate of drug-likeness (QED) is 0.812.